The number of methoxy groups -OCH3 is 1. The molecular weight excluding hydrogens is 266 g/mol. The first-order chi connectivity index (χ1) is 10.4. The van der Waals surface area contributed by atoms with E-state index in [9.17, 15) is 0 Å². The molecule has 2 aliphatic rings. The zero-order valence-corrected chi connectivity index (χ0v) is 12.8. The van der Waals surface area contributed by atoms with E-state index in [2.05, 4.69) is 17.4 Å². The summed E-state index contributed by atoms with van der Waals surface area (Å²) in [6.07, 6.45) is 4.69. The van der Waals surface area contributed by atoms with Crippen LogP contribution in [0.5, 0.6) is 11.5 Å². The van der Waals surface area contributed by atoms with Crippen LogP contribution in [0.15, 0.2) is 18.2 Å². The summed E-state index contributed by atoms with van der Waals surface area (Å²) in [6, 6.07) is 6.23. The second kappa shape index (κ2) is 7.14. The van der Waals surface area contributed by atoms with Crippen LogP contribution < -0.4 is 14.8 Å². The number of benzene rings is 1. The van der Waals surface area contributed by atoms with Gasteiger partial charge in [0.2, 0.25) is 0 Å². The Labute approximate surface area is 126 Å². The molecule has 2 heterocycles. The summed E-state index contributed by atoms with van der Waals surface area (Å²) in [5.41, 5.74) is 1.27. The van der Waals surface area contributed by atoms with Crippen LogP contribution in [0.4, 0.5) is 0 Å². The molecule has 0 aromatic heterocycles. The fourth-order valence-electron chi connectivity index (χ4n) is 3.23. The highest BCUT2D eigenvalue weighted by Crippen LogP contribution is 2.39. The monoisotopic (exact) mass is 291 g/mol. The van der Waals surface area contributed by atoms with E-state index >= 15 is 0 Å². The standard InChI is InChI=1S/C17H25NO3/c1-19-16-8-2-7-15(13-5-3-9-18-11-13)17(16)21-14-6-4-10-20-12-14/h2,7-8,13-14,18H,3-6,9-12H2,1H3. The molecule has 4 heteroatoms. The predicted molar refractivity (Wildman–Crippen MR) is 82.3 cm³/mol. The molecule has 0 aliphatic carbocycles. The summed E-state index contributed by atoms with van der Waals surface area (Å²) in [5, 5.41) is 3.48. The summed E-state index contributed by atoms with van der Waals surface area (Å²) in [5.74, 6) is 2.27. The first kappa shape index (κ1) is 14.7. The maximum absolute atomic E-state index is 6.28. The number of hydrogen-bond donors (Lipinski definition) is 1. The Morgan fingerprint density at radius 3 is 2.90 bits per heavy atom. The van der Waals surface area contributed by atoms with Crippen LogP contribution >= 0.6 is 0 Å². The van der Waals surface area contributed by atoms with Gasteiger partial charge in [0, 0.05) is 24.6 Å². The van der Waals surface area contributed by atoms with Crippen LogP contribution in [0, 0.1) is 0 Å². The lowest BCUT2D eigenvalue weighted by Gasteiger charge is -2.29. The van der Waals surface area contributed by atoms with Crippen LogP contribution in [0.25, 0.3) is 0 Å². The highest BCUT2D eigenvalue weighted by atomic mass is 16.5. The van der Waals surface area contributed by atoms with Gasteiger partial charge in [-0.2, -0.15) is 0 Å². The van der Waals surface area contributed by atoms with E-state index in [4.69, 9.17) is 14.2 Å². The molecule has 1 aromatic rings. The van der Waals surface area contributed by atoms with Gasteiger partial charge in [0.25, 0.3) is 0 Å². The quantitative estimate of drug-likeness (QED) is 0.926. The molecule has 1 N–H and O–H groups in total. The molecule has 0 bridgehead atoms. The number of hydrogen-bond acceptors (Lipinski definition) is 4. The zero-order valence-electron chi connectivity index (χ0n) is 12.8. The molecule has 21 heavy (non-hydrogen) atoms. The average molecular weight is 291 g/mol. The zero-order chi connectivity index (χ0) is 14.5. The fraction of sp³-hybridized carbons (Fsp3) is 0.647. The molecule has 2 fully saturated rings. The maximum atomic E-state index is 6.28. The van der Waals surface area contributed by atoms with Crippen molar-refractivity contribution in [2.24, 2.45) is 0 Å². The molecule has 0 radical (unpaired) electrons. The Bertz CT molecular complexity index is 451. The molecule has 2 aliphatic heterocycles. The van der Waals surface area contributed by atoms with Crippen molar-refractivity contribution in [3.05, 3.63) is 23.8 Å². The average Bonchev–Trinajstić information content (AvgIpc) is 2.57. The minimum absolute atomic E-state index is 0.144. The molecule has 2 unspecified atom stereocenters. The predicted octanol–water partition coefficient (Wildman–Crippen LogP) is 2.72. The third kappa shape index (κ3) is 3.50. The lowest BCUT2D eigenvalue weighted by molar-refractivity contribution is 0.00584. The summed E-state index contributed by atoms with van der Waals surface area (Å²) < 4.78 is 17.4. The lowest BCUT2D eigenvalue weighted by Crippen LogP contribution is -2.31. The van der Waals surface area contributed by atoms with Crippen molar-refractivity contribution >= 4 is 0 Å². The Kier molecular flexibility index (Phi) is 4.99. The van der Waals surface area contributed by atoms with Crippen molar-refractivity contribution in [3.8, 4) is 11.5 Å². The Hall–Kier alpha value is -1.26. The van der Waals surface area contributed by atoms with Gasteiger partial charge >= 0.3 is 0 Å². The third-order valence-corrected chi connectivity index (χ3v) is 4.37. The lowest BCUT2D eigenvalue weighted by atomic mass is 9.90. The Morgan fingerprint density at radius 2 is 2.19 bits per heavy atom. The van der Waals surface area contributed by atoms with E-state index in [0.717, 1.165) is 44.0 Å². The van der Waals surface area contributed by atoms with Crippen molar-refractivity contribution in [1.82, 2.24) is 5.32 Å². The third-order valence-electron chi connectivity index (χ3n) is 4.37. The van der Waals surface area contributed by atoms with Gasteiger partial charge in [-0.15, -0.1) is 0 Å². The van der Waals surface area contributed by atoms with Gasteiger partial charge in [-0.3, -0.25) is 0 Å². The van der Waals surface area contributed by atoms with Crippen LogP contribution in [0.3, 0.4) is 0 Å². The van der Waals surface area contributed by atoms with Gasteiger partial charge in [-0.25, -0.2) is 0 Å². The van der Waals surface area contributed by atoms with E-state index < -0.39 is 0 Å². The minimum atomic E-state index is 0.144. The van der Waals surface area contributed by atoms with Crippen molar-refractivity contribution in [1.29, 1.82) is 0 Å². The van der Waals surface area contributed by atoms with Crippen molar-refractivity contribution in [2.45, 2.75) is 37.7 Å². The molecule has 1 aromatic carbocycles. The number of para-hydroxylation sites is 1. The van der Waals surface area contributed by atoms with Gasteiger partial charge in [0.15, 0.2) is 11.5 Å². The second-order valence-electron chi connectivity index (χ2n) is 5.88. The molecular formula is C17H25NO3. The molecule has 2 saturated heterocycles. The van der Waals surface area contributed by atoms with E-state index in [1.807, 2.05) is 6.07 Å². The maximum Gasteiger partial charge on any atom is 0.165 e. The molecule has 116 valence electrons. The number of ether oxygens (including phenoxy) is 3. The van der Waals surface area contributed by atoms with Gasteiger partial charge < -0.3 is 19.5 Å². The normalized spacial score (nSPS) is 26.3. The summed E-state index contributed by atoms with van der Waals surface area (Å²) >= 11 is 0. The first-order valence-electron chi connectivity index (χ1n) is 8.00. The molecule has 0 spiro atoms. The van der Waals surface area contributed by atoms with Gasteiger partial charge in [0.1, 0.15) is 6.10 Å². The van der Waals surface area contributed by atoms with Crippen molar-refractivity contribution < 1.29 is 14.2 Å². The van der Waals surface area contributed by atoms with E-state index in [1.54, 1.807) is 7.11 Å². The topological polar surface area (TPSA) is 39.7 Å². The smallest absolute Gasteiger partial charge is 0.165 e. The molecule has 3 rings (SSSR count). The largest absolute Gasteiger partial charge is 0.493 e. The SMILES string of the molecule is COc1cccc(C2CCCNC2)c1OC1CCCOC1. The summed E-state index contributed by atoms with van der Waals surface area (Å²) in [7, 11) is 1.71. The molecule has 2 atom stereocenters. The van der Waals surface area contributed by atoms with Gasteiger partial charge in [-0.05, 0) is 38.3 Å². The number of rotatable bonds is 4. The van der Waals surface area contributed by atoms with Gasteiger partial charge in [-0.1, -0.05) is 12.1 Å². The van der Waals surface area contributed by atoms with Crippen LogP contribution in [-0.4, -0.2) is 39.5 Å². The minimum Gasteiger partial charge on any atom is -0.493 e. The molecule has 0 amide bonds. The Morgan fingerprint density at radius 1 is 1.24 bits per heavy atom. The van der Waals surface area contributed by atoms with Crippen molar-refractivity contribution in [3.63, 3.8) is 0 Å². The molecule has 4 nitrogen and oxygen atoms in total. The summed E-state index contributed by atoms with van der Waals surface area (Å²) in [4.78, 5) is 0. The number of piperidine rings is 1. The first-order valence-corrected chi connectivity index (χ1v) is 8.00. The van der Waals surface area contributed by atoms with Gasteiger partial charge in [0.05, 0.1) is 13.7 Å². The molecule has 0 saturated carbocycles. The second-order valence-corrected chi connectivity index (χ2v) is 5.88. The van der Waals surface area contributed by atoms with E-state index in [0.29, 0.717) is 12.5 Å². The van der Waals surface area contributed by atoms with Crippen LogP contribution in [0.2, 0.25) is 0 Å². The van der Waals surface area contributed by atoms with E-state index in [-0.39, 0.29) is 6.10 Å². The van der Waals surface area contributed by atoms with E-state index in [1.165, 1.54) is 18.4 Å². The van der Waals surface area contributed by atoms with Crippen molar-refractivity contribution in [2.75, 3.05) is 33.4 Å². The van der Waals surface area contributed by atoms with Crippen LogP contribution in [0.1, 0.15) is 37.2 Å². The fourth-order valence-corrected chi connectivity index (χ4v) is 3.23. The Balaban J connectivity index is 1.83. The number of nitrogens with one attached hydrogen (secondary N) is 1. The van der Waals surface area contributed by atoms with Crippen LogP contribution in [-0.2, 0) is 4.74 Å². The highest BCUT2D eigenvalue weighted by Gasteiger charge is 2.24. The summed E-state index contributed by atoms with van der Waals surface area (Å²) in [6.45, 7) is 3.67. The highest BCUT2D eigenvalue weighted by molar-refractivity contribution is 5.48.